The molecule has 0 N–H and O–H groups in total. The molecule has 1 unspecified atom stereocenters. The smallest absolute Gasteiger partial charge is 0.320 e. The van der Waals surface area contributed by atoms with Crippen LogP contribution >= 0.6 is 0 Å². The SMILES string of the molecule is COC(=O)C(C=O)c1ccccc1. The zero-order valence-electron chi connectivity index (χ0n) is 7.27. The maximum Gasteiger partial charge on any atom is 0.320 e. The summed E-state index contributed by atoms with van der Waals surface area (Å²) >= 11 is 0. The molecule has 68 valence electrons. The average Bonchev–Trinajstić information content (AvgIpc) is 2.20. The van der Waals surface area contributed by atoms with Gasteiger partial charge in [0.25, 0.3) is 0 Å². The summed E-state index contributed by atoms with van der Waals surface area (Å²) in [7, 11) is 1.27. The van der Waals surface area contributed by atoms with E-state index in [1.54, 1.807) is 24.3 Å². The summed E-state index contributed by atoms with van der Waals surface area (Å²) in [6.45, 7) is 0. The number of benzene rings is 1. The van der Waals surface area contributed by atoms with Gasteiger partial charge in [0.2, 0.25) is 0 Å². The quantitative estimate of drug-likeness (QED) is 0.396. The van der Waals surface area contributed by atoms with Gasteiger partial charge in [0.1, 0.15) is 12.2 Å². The Hall–Kier alpha value is -1.64. The Kier molecular flexibility index (Phi) is 3.20. The molecule has 1 aromatic carbocycles. The fourth-order valence-corrected chi connectivity index (χ4v) is 1.06. The Morgan fingerprint density at radius 3 is 2.46 bits per heavy atom. The van der Waals surface area contributed by atoms with Crippen LogP contribution in [0.25, 0.3) is 0 Å². The number of carbonyl (C=O) groups is 2. The number of esters is 1. The van der Waals surface area contributed by atoms with Gasteiger partial charge in [-0.25, -0.2) is 0 Å². The lowest BCUT2D eigenvalue weighted by Crippen LogP contribution is -2.15. The number of rotatable bonds is 3. The van der Waals surface area contributed by atoms with Crippen molar-refractivity contribution in [3.8, 4) is 0 Å². The molecule has 3 nitrogen and oxygen atoms in total. The molecule has 13 heavy (non-hydrogen) atoms. The van der Waals surface area contributed by atoms with Gasteiger partial charge in [-0.05, 0) is 5.56 Å². The normalized spacial score (nSPS) is 11.8. The molecule has 0 radical (unpaired) electrons. The predicted octanol–water partition coefficient (Wildman–Crippen LogP) is 1.14. The minimum absolute atomic E-state index is 0.527. The van der Waals surface area contributed by atoms with E-state index in [0.717, 1.165) is 0 Å². The highest BCUT2D eigenvalue weighted by atomic mass is 16.5. The van der Waals surface area contributed by atoms with Gasteiger partial charge in [0.15, 0.2) is 0 Å². The summed E-state index contributed by atoms with van der Waals surface area (Å²) in [5, 5.41) is 0. The number of methoxy groups -OCH3 is 1. The van der Waals surface area contributed by atoms with Crippen LogP contribution in [0.4, 0.5) is 0 Å². The third kappa shape index (κ3) is 2.15. The first kappa shape index (κ1) is 9.45. The van der Waals surface area contributed by atoms with Crippen molar-refractivity contribution in [3.05, 3.63) is 35.9 Å². The molecule has 1 rings (SSSR count). The van der Waals surface area contributed by atoms with Crippen LogP contribution in [0.15, 0.2) is 30.3 Å². The zero-order chi connectivity index (χ0) is 9.68. The van der Waals surface area contributed by atoms with Gasteiger partial charge < -0.3 is 9.53 Å². The Labute approximate surface area is 76.3 Å². The summed E-state index contributed by atoms with van der Waals surface area (Å²) in [6.07, 6.45) is 0.584. The van der Waals surface area contributed by atoms with Gasteiger partial charge in [0.05, 0.1) is 7.11 Å². The number of hydrogen-bond acceptors (Lipinski definition) is 3. The average molecular weight is 178 g/mol. The van der Waals surface area contributed by atoms with Crippen LogP contribution in [0.2, 0.25) is 0 Å². The fraction of sp³-hybridized carbons (Fsp3) is 0.200. The minimum atomic E-state index is -0.800. The number of hydrogen-bond donors (Lipinski definition) is 0. The van der Waals surface area contributed by atoms with Gasteiger partial charge in [0, 0.05) is 0 Å². The van der Waals surface area contributed by atoms with Crippen LogP contribution in [-0.4, -0.2) is 19.4 Å². The topological polar surface area (TPSA) is 43.4 Å². The molecule has 0 saturated carbocycles. The molecule has 0 aliphatic carbocycles. The molecule has 3 heteroatoms. The van der Waals surface area contributed by atoms with Crippen LogP contribution in [0.1, 0.15) is 11.5 Å². The molecular formula is C10H10O3. The van der Waals surface area contributed by atoms with Crippen LogP contribution in [0.3, 0.4) is 0 Å². The summed E-state index contributed by atoms with van der Waals surface area (Å²) < 4.78 is 4.49. The van der Waals surface area contributed by atoms with Crippen molar-refractivity contribution < 1.29 is 14.3 Å². The Morgan fingerprint density at radius 2 is 2.00 bits per heavy atom. The predicted molar refractivity (Wildman–Crippen MR) is 47.3 cm³/mol. The number of carbonyl (C=O) groups excluding carboxylic acids is 2. The number of ether oxygens (including phenoxy) is 1. The molecular weight excluding hydrogens is 168 g/mol. The monoisotopic (exact) mass is 178 g/mol. The maximum absolute atomic E-state index is 11.1. The Balaban J connectivity index is 2.91. The van der Waals surface area contributed by atoms with Crippen LogP contribution in [-0.2, 0) is 14.3 Å². The molecule has 0 spiro atoms. The van der Waals surface area contributed by atoms with Gasteiger partial charge in [-0.1, -0.05) is 30.3 Å². The third-order valence-corrected chi connectivity index (χ3v) is 1.75. The van der Waals surface area contributed by atoms with E-state index >= 15 is 0 Å². The molecule has 0 amide bonds. The molecule has 0 aliphatic heterocycles. The Bertz CT molecular complexity index is 292. The molecule has 0 bridgehead atoms. The highest BCUT2D eigenvalue weighted by Crippen LogP contribution is 2.13. The van der Waals surface area contributed by atoms with E-state index in [9.17, 15) is 9.59 Å². The second kappa shape index (κ2) is 4.40. The van der Waals surface area contributed by atoms with Crippen molar-refractivity contribution in [2.75, 3.05) is 7.11 Å². The van der Waals surface area contributed by atoms with Crippen LogP contribution in [0.5, 0.6) is 0 Å². The first-order valence-corrected chi connectivity index (χ1v) is 3.87. The van der Waals surface area contributed by atoms with E-state index in [1.807, 2.05) is 6.07 Å². The van der Waals surface area contributed by atoms with Crippen molar-refractivity contribution in [2.24, 2.45) is 0 Å². The van der Waals surface area contributed by atoms with Crippen molar-refractivity contribution in [3.63, 3.8) is 0 Å². The zero-order valence-corrected chi connectivity index (χ0v) is 7.27. The molecule has 0 aliphatic rings. The lowest BCUT2D eigenvalue weighted by molar-refractivity contribution is -0.143. The van der Waals surface area contributed by atoms with E-state index in [1.165, 1.54) is 7.11 Å². The van der Waals surface area contributed by atoms with Crippen LogP contribution in [0, 0.1) is 0 Å². The summed E-state index contributed by atoms with van der Waals surface area (Å²) in [5.41, 5.74) is 0.657. The van der Waals surface area contributed by atoms with E-state index in [4.69, 9.17) is 0 Å². The largest absolute Gasteiger partial charge is 0.468 e. The molecule has 1 atom stereocenters. The summed E-state index contributed by atoms with van der Waals surface area (Å²) in [6, 6.07) is 8.80. The first-order chi connectivity index (χ1) is 6.29. The number of aldehydes is 1. The van der Waals surface area contributed by atoms with Crippen molar-refractivity contribution >= 4 is 12.3 Å². The van der Waals surface area contributed by atoms with Crippen molar-refractivity contribution in [1.82, 2.24) is 0 Å². The van der Waals surface area contributed by atoms with Crippen molar-refractivity contribution in [2.45, 2.75) is 5.92 Å². The van der Waals surface area contributed by atoms with E-state index in [-0.39, 0.29) is 0 Å². The minimum Gasteiger partial charge on any atom is -0.468 e. The highest BCUT2D eigenvalue weighted by molar-refractivity contribution is 5.93. The van der Waals surface area contributed by atoms with Gasteiger partial charge in [-0.2, -0.15) is 0 Å². The molecule has 0 saturated heterocycles. The standard InChI is InChI=1S/C10H10O3/c1-13-10(12)9(7-11)8-5-3-2-4-6-8/h2-7,9H,1H3. The Morgan fingerprint density at radius 1 is 1.38 bits per heavy atom. The molecule has 0 aromatic heterocycles. The third-order valence-electron chi connectivity index (χ3n) is 1.75. The first-order valence-electron chi connectivity index (χ1n) is 3.87. The summed E-state index contributed by atoms with van der Waals surface area (Å²) in [4.78, 5) is 21.7. The maximum atomic E-state index is 11.1. The fourth-order valence-electron chi connectivity index (χ4n) is 1.06. The van der Waals surface area contributed by atoms with Gasteiger partial charge >= 0.3 is 5.97 Å². The van der Waals surface area contributed by atoms with E-state index in [2.05, 4.69) is 4.74 Å². The molecule has 1 aromatic rings. The highest BCUT2D eigenvalue weighted by Gasteiger charge is 2.19. The lowest BCUT2D eigenvalue weighted by atomic mass is 10.0. The second-order valence-corrected chi connectivity index (χ2v) is 2.55. The van der Waals surface area contributed by atoms with Crippen LogP contribution < -0.4 is 0 Å². The van der Waals surface area contributed by atoms with E-state index < -0.39 is 11.9 Å². The summed E-state index contributed by atoms with van der Waals surface area (Å²) in [5.74, 6) is -1.33. The second-order valence-electron chi connectivity index (χ2n) is 2.55. The molecule has 0 heterocycles. The van der Waals surface area contributed by atoms with Crippen molar-refractivity contribution in [1.29, 1.82) is 0 Å². The van der Waals surface area contributed by atoms with Gasteiger partial charge in [-0.15, -0.1) is 0 Å². The lowest BCUT2D eigenvalue weighted by Gasteiger charge is -2.06. The van der Waals surface area contributed by atoms with Gasteiger partial charge in [-0.3, -0.25) is 4.79 Å². The molecule has 0 fully saturated rings. The van der Waals surface area contributed by atoms with E-state index in [0.29, 0.717) is 11.8 Å².